The summed E-state index contributed by atoms with van der Waals surface area (Å²) in [5, 5.41) is 3.53. The first kappa shape index (κ1) is 16.4. The molecule has 2 nitrogen and oxygen atoms in total. The van der Waals surface area contributed by atoms with Gasteiger partial charge >= 0.3 is 0 Å². The van der Waals surface area contributed by atoms with Crippen LogP contribution in [0.5, 0.6) is 5.75 Å². The molecule has 0 fully saturated rings. The number of nitrogens with one attached hydrogen (secondary N) is 1. The van der Waals surface area contributed by atoms with E-state index in [1.165, 1.54) is 6.07 Å². The third-order valence-electron chi connectivity index (χ3n) is 3.43. The van der Waals surface area contributed by atoms with Crippen molar-refractivity contribution in [3.63, 3.8) is 0 Å². The molecule has 0 saturated heterocycles. The standard InChI is InChI=1S/C15H23BrFNO/c1-5-7-18-15(10(3)6-2)11-8-12(16)13(17)9-14(11)19-4/h8-10,15,18H,5-7H2,1-4H3. The van der Waals surface area contributed by atoms with E-state index in [-0.39, 0.29) is 11.9 Å². The van der Waals surface area contributed by atoms with Crippen LogP contribution in [-0.4, -0.2) is 13.7 Å². The number of benzene rings is 1. The summed E-state index contributed by atoms with van der Waals surface area (Å²) in [7, 11) is 1.58. The maximum absolute atomic E-state index is 13.6. The lowest BCUT2D eigenvalue weighted by Crippen LogP contribution is -2.28. The Bertz CT molecular complexity index is 411. The molecule has 0 aliphatic heterocycles. The molecule has 0 aliphatic carbocycles. The highest BCUT2D eigenvalue weighted by atomic mass is 79.9. The third-order valence-corrected chi connectivity index (χ3v) is 4.04. The average molecular weight is 332 g/mol. The molecule has 0 heterocycles. The van der Waals surface area contributed by atoms with Gasteiger partial charge in [-0.05, 0) is 40.9 Å². The van der Waals surface area contributed by atoms with Gasteiger partial charge in [0, 0.05) is 17.7 Å². The molecular weight excluding hydrogens is 309 g/mol. The molecule has 0 bridgehead atoms. The fourth-order valence-corrected chi connectivity index (χ4v) is 2.48. The van der Waals surface area contributed by atoms with Crippen molar-refractivity contribution in [2.24, 2.45) is 5.92 Å². The maximum Gasteiger partial charge on any atom is 0.141 e. The van der Waals surface area contributed by atoms with Gasteiger partial charge in [-0.3, -0.25) is 0 Å². The largest absolute Gasteiger partial charge is 0.496 e. The van der Waals surface area contributed by atoms with Crippen LogP contribution in [0.3, 0.4) is 0 Å². The lowest BCUT2D eigenvalue weighted by atomic mass is 9.91. The molecule has 19 heavy (non-hydrogen) atoms. The summed E-state index contributed by atoms with van der Waals surface area (Å²) in [6.07, 6.45) is 2.12. The molecule has 0 amide bonds. The number of rotatable bonds is 7. The second-order valence-electron chi connectivity index (χ2n) is 4.83. The third kappa shape index (κ3) is 4.18. The maximum atomic E-state index is 13.6. The van der Waals surface area contributed by atoms with Gasteiger partial charge in [0.2, 0.25) is 0 Å². The Labute approximate surface area is 123 Å². The van der Waals surface area contributed by atoms with Crippen molar-refractivity contribution >= 4 is 15.9 Å². The van der Waals surface area contributed by atoms with Crippen molar-refractivity contribution in [3.8, 4) is 5.75 Å². The van der Waals surface area contributed by atoms with Crippen LogP contribution < -0.4 is 10.1 Å². The molecule has 1 aromatic carbocycles. The summed E-state index contributed by atoms with van der Waals surface area (Å²) in [5.74, 6) is 0.770. The van der Waals surface area contributed by atoms with Crippen LogP contribution in [0.4, 0.5) is 4.39 Å². The van der Waals surface area contributed by atoms with Gasteiger partial charge in [0.1, 0.15) is 11.6 Å². The topological polar surface area (TPSA) is 21.3 Å². The number of ether oxygens (including phenoxy) is 1. The SMILES string of the molecule is CCCNC(c1cc(Br)c(F)cc1OC)C(C)CC. The van der Waals surface area contributed by atoms with E-state index in [1.54, 1.807) is 7.11 Å². The molecule has 0 saturated carbocycles. The molecule has 2 unspecified atom stereocenters. The highest BCUT2D eigenvalue weighted by molar-refractivity contribution is 9.10. The molecule has 0 spiro atoms. The first-order chi connectivity index (χ1) is 9.04. The van der Waals surface area contributed by atoms with E-state index in [0.29, 0.717) is 16.1 Å². The number of halogens is 2. The van der Waals surface area contributed by atoms with Gasteiger partial charge in [-0.25, -0.2) is 4.39 Å². The van der Waals surface area contributed by atoms with Gasteiger partial charge in [0.05, 0.1) is 11.6 Å². The van der Waals surface area contributed by atoms with E-state index in [0.717, 1.165) is 24.9 Å². The zero-order chi connectivity index (χ0) is 14.4. The smallest absolute Gasteiger partial charge is 0.141 e. The Morgan fingerprint density at radius 1 is 1.37 bits per heavy atom. The quantitative estimate of drug-likeness (QED) is 0.782. The summed E-state index contributed by atoms with van der Waals surface area (Å²) in [6, 6.07) is 3.45. The van der Waals surface area contributed by atoms with Crippen molar-refractivity contribution in [1.82, 2.24) is 5.32 Å². The summed E-state index contributed by atoms with van der Waals surface area (Å²) >= 11 is 3.26. The van der Waals surface area contributed by atoms with Gasteiger partial charge in [-0.1, -0.05) is 27.2 Å². The van der Waals surface area contributed by atoms with Crippen LogP contribution in [0.15, 0.2) is 16.6 Å². The number of hydrogen-bond acceptors (Lipinski definition) is 2. The first-order valence-electron chi connectivity index (χ1n) is 6.81. The Hall–Kier alpha value is -0.610. The molecule has 0 aliphatic rings. The Kier molecular flexibility index (Phi) is 6.80. The average Bonchev–Trinajstić information content (AvgIpc) is 2.42. The Balaban J connectivity index is 3.16. The molecule has 1 aromatic rings. The molecule has 0 aromatic heterocycles. The minimum Gasteiger partial charge on any atom is -0.496 e. The van der Waals surface area contributed by atoms with Gasteiger partial charge in [0.25, 0.3) is 0 Å². The van der Waals surface area contributed by atoms with Crippen molar-refractivity contribution < 1.29 is 9.13 Å². The number of hydrogen-bond donors (Lipinski definition) is 1. The predicted octanol–water partition coefficient (Wildman–Crippen LogP) is 4.68. The normalized spacial score (nSPS) is 14.2. The molecule has 4 heteroatoms. The van der Waals surface area contributed by atoms with Crippen molar-refractivity contribution in [3.05, 3.63) is 28.0 Å². The highest BCUT2D eigenvalue weighted by Gasteiger charge is 2.22. The van der Waals surface area contributed by atoms with Crippen LogP contribution in [0.2, 0.25) is 0 Å². The van der Waals surface area contributed by atoms with Crippen LogP contribution in [0.1, 0.15) is 45.2 Å². The summed E-state index contributed by atoms with van der Waals surface area (Å²) in [4.78, 5) is 0. The van der Waals surface area contributed by atoms with E-state index in [9.17, 15) is 4.39 Å². The predicted molar refractivity (Wildman–Crippen MR) is 81.1 cm³/mol. The van der Waals surface area contributed by atoms with Crippen molar-refractivity contribution in [2.45, 2.75) is 39.7 Å². The minimum atomic E-state index is -0.293. The summed E-state index contributed by atoms with van der Waals surface area (Å²) < 4.78 is 19.4. The zero-order valence-corrected chi connectivity index (χ0v) is 13.7. The van der Waals surface area contributed by atoms with Crippen molar-refractivity contribution in [2.75, 3.05) is 13.7 Å². The highest BCUT2D eigenvalue weighted by Crippen LogP contribution is 2.35. The van der Waals surface area contributed by atoms with Gasteiger partial charge in [-0.15, -0.1) is 0 Å². The van der Waals surface area contributed by atoms with Crippen LogP contribution in [-0.2, 0) is 0 Å². The summed E-state index contributed by atoms with van der Waals surface area (Å²) in [6.45, 7) is 7.44. The van der Waals surface area contributed by atoms with E-state index in [2.05, 4.69) is 42.0 Å². The lowest BCUT2D eigenvalue weighted by Gasteiger charge is -2.26. The second kappa shape index (κ2) is 7.85. The molecule has 1 N–H and O–H groups in total. The Morgan fingerprint density at radius 2 is 2.05 bits per heavy atom. The van der Waals surface area contributed by atoms with Gasteiger partial charge in [0.15, 0.2) is 0 Å². The van der Waals surface area contributed by atoms with E-state index in [4.69, 9.17) is 4.74 Å². The fraction of sp³-hybridized carbons (Fsp3) is 0.600. The number of methoxy groups -OCH3 is 1. The van der Waals surface area contributed by atoms with Crippen LogP contribution in [0, 0.1) is 11.7 Å². The molecular formula is C15H23BrFNO. The van der Waals surface area contributed by atoms with E-state index < -0.39 is 0 Å². The molecule has 0 radical (unpaired) electrons. The molecule has 1 rings (SSSR count). The molecule has 2 atom stereocenters. The molecule has 108 valence electrons. The van der Waals surface area contributed by atoms with Gasteiger partial charge in [-0.2, -0.15) is 0 Å². The lowest BCUT2D eigenvalue weighted by molar-refractivity contribution is 0.349. The Morgan fingerprint density at radius 3 is 2.58 bits per heavy atom. The summed E-state index contributed by atoms with van der Waals surface area (Å²) in [5.41, 5.74) is 1.01. The van der Waals surface area contributed by atoms with Crippen LogP contribution in [0.25, 0.3) is 0 Å². The van der Waals surface area contributed by atoms with E-state index in [1.807, 2.05) is 6.07 Å². The first-order valence-corrected chi connectivity index (χ1v) is 7.60. The minimum absolute atomic E-state index is 0.178. The second-order valence-corrected chi connectivity index (χ2v) is 5.68. The van der Waals surface area contributed by atoms with E-state index >= 15 is 0 Å². The van der Waals surface area contributed by atoms with Crippen LogP contribution >= 0.6 is 15.9 Å². The van der Waals surface area contributed by atoms with Crippen molar-refractivity contribution in [1.29, 1.82) is 0 Å². The zero-order valence-electron chi connectivity index (χ0n) is 12.1. The van der Waals surface area contributed by atoms with Gasteiger partial charge < -0.3 is 10.1 Å². The fourth-order valence-electron chi connectivity index (χ4n) is 2.12. The monoisotopic (exact) mass is 331 g/mol.